The van der Waals surface area contributed by atoms with Crippen LogP contribution in [0, 0.1) is 0 Å². The fraction of sp³-hybridized carbons (Fsp3) is 0.318. The molecule has 0 aliphatic carbocycles. The molecular weight excluding hydrogens is 352 g/mol. The number of rotatable bonds is 3. The van der Waals surface area contributed by atoms with Crippen molar-refractivity contribution in [2.45, 2.75) is 25.9 Å². The first kappa shape index (κ1) is 17.0. The molecule has 28 heavy (non-hydrogen) atoms. The minimum absolute atomic E-state index is 0.506. The molecule has 2 aliphatic heterocycles. The van der Waals surface area contributed by atoms with Gasteiger partial charge in [0.05, 0.1) is 13.3 Å². The van der Waals surface area contributed by atoms with Gasteiger partial charge in [0.1, 0.15) is 12.4 Å². The largest absolute Gasteiger partial charge is 0.480 e. The van der Waals surface area contributed by atoms with Crippen molar-refractivity contribution in [3.05, 3.63) is 48.2 Å². The van der Waals surface area contributed by atoms with E-state index >= 15 is 0 Å². The smallest absolute Gasteiger partial charge is 0.233 e. The van der Waals surface area contributed by atoms with Crippen LogP contribution in [0.5, 0.6) is 11.8 Å². The molecule has 1 aromatic carbocycles. The fourth-order valence-electron chi connectivity index (χ4n) is 3.95. The highest BCUT2D eigenvalue weighted by molar-refractivity contribution is 5.78. The van der Waals surface area contributed by atoms with Crippen LogP contribution in [0.3, 0.4) is 0 Å². The number of ether oxygens (including phenoxy) is 2. The highest BCUT2D eigenvalue weighted by Crippen LogP contribution is 2.39. The number of hydrogen-bond acceptors (Lipinski definition) is 6. The maximum Gasteiger partial charge on any atom is 0.233 e. The zero-order valence-corrected chi connectivity index (χ0v) is 15.9. The van der Waals surface area contributed by atoms with Crippen LogP contribution >= 0.6 is 0 Å². The molecule has 6 nitrogen and oxygen atoms in total. The van der Waals surface area contributed by atoms with Crippen LogP contribution in [-0.2, 0) is 6.61 Å². The molecule has 3 aromatic rings. The number of fused-ring (bicyclic) bond motifs is 3. The van der Waals surface area contributed by atoms with Crippen LogP contribution in [0.15, 0.2) is 42.6 Å². The molecule has 0 bridgehead atoms. The second kappa shape index (κ2) is 7.11. The van der Waals surface area contributed by atoms with E-state index in [9.17, 15) is 0 Å². The molecule has 1 saturated heterocycles. The third kappa shape index (κ3) is 3.05. The molecule has 142 valence electrons. The van der Waals surface area contributed by atoms with Crippen molar-refractivity contribution in [1.82, 2.24) is 15.2 Å². The Morgan fingerprint density at radius 1 is 0.964 bits per heavy atom. The molecule has 0 saturated carbocycles. The second-order valence-electron chi connectivity index (χ2n) is 7.22. The summed E-state index contributed by atoms with van der Waals surface area (Å²) in [7, 11) is 1.59. The Morgan fingerprint density at radius 2 is 1.82 bits per heavy atom. The molecule has 0 N–H and O–H groups in total. The lowest BCUT2D eigenvalue weighted by Crippen LogP contribution is -2.30. The van der Waals surface area contributed by atoms with E-state index in [0.29, 0.717) is 12.5 Å². The Kier molecular flexibility index (Phi) is 4.31. The molecule has 2 aliphatic rings. The lowest BCUT2D eigenvalue weighted by molar-refractivity contribution is 0.290. The van der Waals surface area contributed by atoms with Gasteiger partial charge in [0.15, 0.2) is 0 Å². The molecule has 0 unspecified atom stereocenters. The molecule has 0 spiro atoms. The summed E-state index contributed by atoms with van der Waals surface area (Å²) < 4.78 is 11.2. The Hall–Kier alpha value is -3.15. The molecule has 1 fully saturated rings. The maximum absolute atomic E-state index is 6.03. The number of methoxy groups -OCH3 is 1. The van der Waals surface area contributed by atoms with Gasteiger partial charge in [-0.3, -0.25) is 0 Å². The second-order valence-corrected chi connectivity index (χ2v) is 7.22. The predicted molar refractivity (Wildman–Crippen MR) is 108 cm³/mol. The Labute approximate surface area is 164 Å². The van der Waals surface area contributed by atoms with Gasteiger partial charge in [-0.15, -0.1) is 5.10 Å². The maximum atomic E-state index is 6.03. The summed E-state index contributed by atoms with van der Waals surface area (Å²) in [5.41, 5.74) is 5.42. The fourth-order valence-corrected chi connectivity index (χ4v) is 3.95. The number of aromatic nitrogens is 3. The van der Waals surface area contributed by atoms with Crippen molar-refractivity contribution in [1.29, 1.82) is 0 Å². The Balaban J connectivity index is 1.48. The highest BCUT2D eigenvalue weighted by Gasteiger charge is 2.21. The van der Waals surface area contributed by atoms with Crippen molar-refractivity contribution < 1.29 is 9.47 Å². The van der Waals surface area contributed by atoms with E-state index in [1.807, 2.05) is 6.07 Å². The third-order valence-electron chi connectivity index (χ3n) is 5.46. The van der Waals surface area contributed by atoms with Gasteiger partial charge in [-0.2, -0.15) is 10.1 Å². The quantitative estimate of drug-likeness (QED) is 0.688. The summed E-state index contributed by atoms with van der Waals surface area (Å²) >= 11 is 0. The number of hydrogen-bond donors (Lipinski definition) is 0. The zero-order chi connectivity index (χ0) is 18.9. The zero-order valence-electron chi connectivity index (χ0n) is 15.9. The highest BCUT2D eigenvalue weighted by atomic mass is 16.5. The Morgan fingerprint density at radius 3 is 2.68 bits per heavy atom. The molecule has 5 rings (SSSR count). The van der Waals surface area contributed by atoms with Crippen molar-refractivity contribution >= 4 is 5.82 Å². The summed E-state index contributed by atoms with van der Waals surface area (Å²) in [6, 6.07) is 12.5. The third-order valence-corrected chi connectivity index (χ3v) is 5.46. The van der Waals surface area contributed by atoms with Gasteiger partial charge < -0.3 is 14.4 Å². The lowest BCUT2D eigenvalue weighted by atomic mass is 9.95. The van der Waals surface area contributed by atoms with E-state index in [4.69, 9.17) is 14.5 Å². The van der Waals surface area contributed by atoms with Gasteiger partial charge in [0.2, 0.25) is 11.8 Å². The van der Waals surface area contributed by atoms with Crippen LogP contribution in [0.2, 0.25) is 0 Å². The average Bonchev–Trinajstić information content (AvgIpc) is 2.79. The number of nitrogens with zero attached hydrogens (tertiary/aromatic N) is 4. The molecule has 0 atom stereocenters. The van der Waals surface area contributed by atoms with Crippen LogP contribution in [0.1, 0.15) is 24.8 Å². The first-order valence-corrected chi connectivity index (χ1v) is 9.71. The number of anilines is 1. The normalized spacial score (nSPS) is 15.4. The minimum Gasteiger partial charge on any atom is -0.480 e. The minimum atomic E-state index is 0.506. The van der Waals surface area contributed by atoms with E-state index in [0.717, 1.165) is 47.0 Å². The lowest BCUT2D eigenvalue weighted by Gasteiger charge is -2.29. The van der Waals surface area contributed by atoms with Crippen LogP contribution in [0.4, 0.5) is 5.82 Å². The number of piperidine rings is 1. The summed E-state index contributed by atoms with van der Waals surface area (Å²) in [4.78, 5) is 7.16. The van der Waals surface area contributed by atoms with Crippen LogP contribution in [-0.4, -0.2) is 35.4 Å². The van der Waals surface area contributed by atoms with Crippen LogP contribution < -0.4 is 14.4 Å². The van der Waals surface area contributed by atoms with E-state index in [1.54, 1.807) is 13.3 Å². The monoisotopic (exact) mass is 374 g/mol. The number of pyridine rings is 1. The molecule has 4 heterocycles. The van der Waals surface area contributed by atoms with Gasteiger partial charge in [0.25, 0.3) is 0 Å². The van der Waals surface area contributed by atoms with E-state index in [2.05, 4.69) is 45.4 Å². The van der Waals surface area contributed by atoms with Crippen LogP contribution in [0.25, 0.3) is 22.3 Å². The topological polar surface area (TPSA) is 60.4 Å². The molecule has 2 aromatic heterocycles. The van der Waals surface area contributed by atoms with E-state index < -0.39 is 0 Å². The van der Waals surface area contributed by atoms with Gasteiger partial charge >= 0.3 is 0 Å². The van der Waals surface area contributed by atoms with E-state index in [-0.39, 0.29) is 0 Å². The predicted octanol–water partition coefficient (Wildman–Crippen LogP) is 4.10. The number of benzene rings is 1. The summed E-state index contributed by atoms with van der Waals surface area (Å²) in [5, 5.41) is 7.95. The molecular formula is C22H22N4O2. The van der Waals surface area contributed by atoms with Crippen molar-refractivity contribution in [3.63, 3.8) is 0 Å². The molecule has 0 amide bonds. The standard InChI is InChI=1S/C22H22N4O2/c1-27-21-12-16(13-23-25-21)15-5-6-18-17(11-15)14-28-22-19(18)7-8-20(24-22)26-9-3-2-4-10-26/h5-8,11-13H,2-4,9-10,14H2,1H3. The van der Waals surface area contributed by atoms with Crippen molar-refractivity contribution in [2.75, 3.05) is 25.1 Å². The van der Waals surface area contributed by atoms with Crippen molar-refractivity contribution in [2.24, 2.45) is 0 Å². The Bertz CT molecular complexity index is 1020. The first-order valence-electron chi connectivity index (χ1n) is 9.71. The summed E-state index contributed by atoms with van der Waals surface area (Å²) in [6.07, 6.45) is 5.53. The van der Waals surface area contributed by atoms with E-state index in [1.165, 1.54) is 24.8 Å². The van der Waals surface area contributed by atoms with Crippen molar-refractivity contribution in [3.8, 4) is 34.0 Å². The van der Waals surface area contributed by atoms with Gasteiger partial charge in [0, 0.05) is 30.3 Å². The van der Waals surface area contributed by atoms with Gasteiger partial charge in [-0.05, 0) is 54.2 Å². The van der Waals surface area contributed by atoms with Gasteiger partial charge in [-0.1, -0.05) is 12.1 Å². The first-order chi connectivity index (χ1) is 13.8. The average molecular weight is 374 g/mol. The molecule has 6 heteroatoms. The summed E-state index contributed by atoms with van der Waals surface area (Å²) in [5.74, 6) is 2.26. The summed E-state index contributed by atoms with van der Waals surface area (Å²) in [6.45, 7) is 2.67. The SMILES string of the molecule is COc1cc(-c2ccc3c(c2)COc2nc(N4CCCCC4)ccc2-3)cnn1. The molecule has 0 radical (unpaired) electrons. The van der Waals surface area contributed by atoms with Gasteiger partial charge in [-0.25, -0.2) is 0 Å².